The second kappa shape index (κ2) is 7.52. The molecule has 0 saturated carbocycles. The third-order valence-corrected chi connectivity index (χ3v) is 6.42. The monoisotopic (exact) mass is 414 g/mol. The van der Waals surface area contributed by atoms with Gasteiger partial charge in [0.15, 0.2) is 0 Å². The van der Waals surface area contributed by atoms with E-state index in [0.717, 1.165) is 23.3 Å². The Balaban J connectivity index is 1.57. The first-order valence-corrected chi connectivity index (χ1v) is 10.7. The first-order valence-electron chi connectivity index (χ1n) is 8.92. The summed E-state index contributed by atoms with van der Waals surface area (Å²) in [6.45, 7) is 5.82. The minimum absolute atomic E-state index is 0.170. The second-order valence-electron chi connectivity index (χ2n) is 6.55. The first kappa shape index (κ1) is 18.9. The molecule has 4 aromatic rings. The van der Waals surface area contributed by atoms with Crippen molar-refractivity contribution in [2.24, 2.45) is 0 Å². The number of hydrogen-bond donors (Lipinski definition) is 1. The Morgan fingerprint density at radius 3 is 2.79 bits per heavy atom. The van der Waals surface area contributed by atoms with Gasteiger partial charge in [0.05, 0.1) is 21.5 Å². The zero-order valence-corrected chi connectivity index (χ0v) is 17.4. The van der Waals surface area contributed by atoms with Gasteiger partial charge in [-0.25, -0.2) is 4.39 Å². The van der Waals surface area contributed by atoms with E-state index in [2.05, 4.69) is 45.9 Å². The smallest absolute Gasteiger partial charge is 0.234 e. The number of thiophene rings is 1. The fourth-order valence-electron chi connectivity index (χ4n) is 3.08. The summed E-state index contributed by atoms with van der Waals surface area (Å²) in [7, 11) is 0. The van der Waals surface area contributed by atoms with Crippen LogP contribution in [0.2, 0.25) is 0 Å². The quantitative estimate of drug-likeness (QED) is 0.467. The molecule has 8 heteroatoms. The van der Waals surface area contributed by atoms with Gasteiger partial charge < -0.3 is 5.32 Å². The summed E-state index contributed by atoms with van der Waals surface area (Å²) >= 11 is 3.06. The molecule has 0 spiro atoms. The number of nitrogens with zero attached hydrogens (tertiary/aromatic N) is 3. The van der Waals surface area contributed by atoms with E-state index >= 15 is 0 Å². The Morgan fingerprint density at radius 2 is 2.04 bits per heavy atom. The average molecular weight is 415 g/mol. The van der Waals surface area contributed by atoms with Crippen molar-refractivity contribution in [3.63, 3.8) is 0 Å². The molecule has 1 N–H and O–H groups in total. The predicted octanol–water partition coefficient (Wildman–Crippen LogP) is 4.99. The molecule has 0 aliphatic heterocycles. The van der Waals surface area contributed by atoms with E-state index < -0.39 is 0 Å². The van der Waals surface area contributed by atoms with E-state index in [1.54, 1.807) is 30.4 Å². The van der Waals surface area contributed by atoms with Crippen molar-refractivity contribution in [1.29, 1.82) is 0 Å². The number of anilines is 1. The molecule has 0 aliphatic carbocycles. The summed E-state index contributed by atoms with van der Waals surface area (Å²) in [4.78, 5) is 13.5. The summed E-state index contributed by atoms with van der Waals surface area (Å²) in [6, 6.07) is 8.93. The SMILES string of the molecule is CCc1nnc(SCC(=O)Nc2ccc(C)c(F)c2)c2cc3sc(C)cc3n12. The number of halogens is 1. The van der Waals surface area contributed by atoms with Crippen LogP contribution < -0.4 is 5.32 Å². The van der Waals surface area contributed by atoms with Gasteiger partial charge in [0.1, 0.15) is 16.7 Å². The van der Waals surface area contributed by atoms with Crippen molar-refractivity contribution >= 4 is 50.4 Å². The predicted molar refractivity (Wildman–Crippen MR) is 113 cm³/mol. The number of nitrogens with one attached hydrogen (secondary N) is 1. The standard InChI is InChI=1S/C20H19FN4OS2/c1-4-18-23-24-20(16-9-17-15(25(16)18)7-12(3)28-17)27-10-19(26)22-13-6-5-11(2)14(21)8-13/h5-9H,4,10H2,1-3H3,(H,22,26). The van der Waals surface area contributed by atoms with E-state index in [9.17, 15) is 9.18 Å². The Bertz CT molecular complexity index is 1200. The zero-order valence-electron chi connectivity index (χ0n) is 15.7. The topological polar surface area (TPSA) is 59.3 Å². The van der Waals surface area contributed by atoms with Crippen LogP contribution >= 0.6 is 23.1 Å². The fourth-order valence-corrected chi connectivity index (χ4v) is 4.76. The normalized spacial score (nSPS) is 11.4. The van der Waals surface area contributed by atoms with Crippen molar-refractivity contribution in [2.45, 2.75) is 32.2 Å². The lowest BCUT2D eigenvalue weighted by atomic mass is 10.2. The number of benzene rings is 1. The minimum atomic E-state index is -0.336. The Morgan fingerprint density at radius 1 is 1.21 bits per heavy atom. The molecule has 3 aromatic heterocycles. The van der Waals surface area contributed by atoms with Gasteiger partial charge in [-0.15, -0.1) is 21.5 Å². The maximum atomic E-state index is 13.6. The van der Waals surface area contributed by atoms with E-state index in [1.807, 2.05) is 0 Å². The summed E-state index contributed by atoms with van der Waals surface area (Å²) in [6.07, 6.45) is 0.770. The van der Waals surface area contributed by atoms with E-state index in [0.29, 0.717) is 16.3 Å². The van der Waals surface area contributed by atoms with Crippen LogP contribution in [0.3, 0.4) is 0 Å². The summed E-state index contributed by atoms with van der Waals surface area (Å²) in [5, 5.41) is 12.1. The highest BCUT2D eigenvalue weighted by Crippen LogP contribution is 2.33. The summed E-state index contributed by atoms with van der Waals surface area (Å²) in [5.41, 5.74) is 3.09. The van der Waals surface area contributed by atoms with Crippen molar-refractivity contribution in [1.82, 2.24) is 14.6 Å². The minimum Gasteiger partial charge on any atom is -0.325 e. The number of amides is 1. The summed E-state index contributed by atoms with van der Waals surface area (Å²) in [5.74, 6) is 0.517. The third-order valence-electron chi connectivity index (χ3n) is 4.46. The average Bonchev–Trinajstić information content (AvgIpc) is 3.19. The lowest BCUT2D eigenvalue weighted by Gasteiger charge is -2.08. The molecule has 28 heavy (non-hydrogen) atoms. The molecular formula is C20H19FN4OS2. The van der Waals surface area contributed by atoms with Crippen molar-refractivity contribution in [2.75, 3.05) is 11.1 Å². The molecule has 0 atom stereocenters. The molecular weight excluding hydrogens is 395 g/mol. The molecule has 3 heterocycles. The number of aryl methyl sites for hydroxylation is 3. The second-order valence-corrected chi connectivity index (χ2v) is 8.80. The number of fused-ring (bicyclic) bond motifs is 3. The van der Waals surface area contributed by atoms with Gasteiger partial charge in [0.25, 0.3) is 0 Å². The van der Waals surface area contributed by atoms with Crippen molar-refractivity contribution < 1.29 is 9.18 Å². The van der Waals surface area contributed by atoms with E-state index in [-0.39, 0.29) is 17.5 Å². The van der Waals surface area contributed by atoms with Crippen molar-refractivity contribution in [3.8, 4) is 0 Å². The van der Waals surface area contributed by atoms with Crippen LogP contribution in [0.25, 0.3) is 15.7 Å². The molecule has 0 fully saturated rings. The molecule has 0 saturated heterocycles. The van der Waals surface area contributed by atoms with Gasteiger partial charge in [0.2, 0.25) is 5.91 Å². The van der Waals surface area contributed by atoms with Crippen LogP contribution in [0.4, 0.5) is 10.1 Å². The fraction of sp³-hybridized carbons (Fsp3) is 0.250. The molecule has 0 aliphatic rings. The Hall–Kier alpha value is -2.45. The van der Waals surface area contributed by atoms with Gasteiger partial charge >= 0.3 is 0 Å². The van der Waals surface area contributed by atoms with Gasteiger partial charge in [0, 0.05) is 17.0 Å². The molecule has 4 rings (SSSR count). The van der Waals surface area contributed by atoms with Gasteiger partial charge in [-0.1, -0.05) is 24.8 Å². The van der Waals surface area contributed by atoms with Crippen LogP contribution in [0.15, 0.2) is 35.4 Å². The van der Waals surface area contributed by atoms with E-state index in [4.69, 9.17) is 0 Å². The van der Waals surface area contributed by atoms with Gasteiger partial charge in [-0.05, 0) is 43.7 Å². The van der Waals surface area contributed by atoms with Crippen molar-refractivity contribution in [3.05, 3.63) is 52.4 Å². The maximum Gasteiger partial charge on any atom is 0.234 e. The maximum absolute atomic E-state index is 13.6. The number of rotatable bonds is 5. The van der Waals surface area contributed by atoms with Crippen LogP contribution in [-0.4, -0.2) is 26.3 Å². The highest BCUT2D eigenvalue weighted by atomic mass is 32.2. The Labute approximate surface area is 170 Å². The molecule has 144 valence electrons. The lowest BCUT2D eigenvalue weighted by Crippen LogP contribution is -2.14. The highest BCUT2D eigenvalue weighted by Gasteiger charge is 2.16. The lowest BCUT2D eigenvalue weighted by molar-refractivity contribution is -0.113. The molecule has 1 aromatic carbocycles. The number of carbonyl (C=O) groups excluding carboxylic acids is 1. The van der Waals surface area contributed by atoms with Crippen LogP contribution in [0.5, 0.6) is 0 Å². The first-order chi connectivity index (χ1) is 13.5. The van der Waals surface area contributed by atoms with Crippen LogP contribution in [-0.2, 0) is 11.2 Å². The molecule has 0 unspecified atom stereocenters. The summed E-state index contributed by atoms with van der Waals surface area (Å²) < 4.78 is 17.0. The zero-order chi connectivity index (χ0) is 19.8. The number of carbonyl (C=O) groups is 1. The van der Waals surface area contributed by atoms with Gasteiger partial charge in [-0.2, -0.15) is 0 Å². The number of hydrogen-bond acceptors (Lipinski definition) is 5. The molecule has 1 amide bonds. The number of thioether (sulfide) groups is 1. The highest BCUT2D eigenvalue weighted by molar-refractivity contribution is 8.00. The third kappa shape index (κ3) is 3.49. The van der Waals surface area contributed by atoms with Crippen LogP contribution in [0, 0.1) is 19.7 Å². The molecule has 5 nitrogen and oxygen atoms in total. The van der Waals surface area contributed by atoms with Crippen LogP contribution in [0.1, 0.15) is 23.2 Å². The Kier molecular flexibility index (Phi) is 5.07. The van der Waals surface area contributed by atoms with Gasteiger partial charge in [-0.3, -0.25) is 9.20 Å². The molecule has 0 bridgehead atoms. The number of aromatic nitrogens is 3. The van der Waals surface area contributed by atoms with E-state index in [1.165, 1.54) is 27.4 Å². The molecule has 0 radical (unpaired) electrons. The largest absolute Gasteiger partial charge is 0.325 e.